The van der Waals surface area contributed by atoms with Crippen molar-refractivity contribution in [2.24, 2.45) is 0 Å². The molecule has 1 saturated heterocycles. The molecule has 2 aromatic carbocycles. The number of nitrogens with zero attached hydrogens (tertiary/aromatic N) is 3. The molecule has 5 nitrogen and oxygen atoms in total. The van der Waals surface area contributed by atoms with Crippen LogP contribution in [0.1, 0.15) is 22.3 Å². The number of amides is 1. The molecule has 1 aliphatic rings. The number of hydrogen-bond acceptors (Lipinski definition) is 3. The molecule has 1 aromatic heterocycles. The molecule has 0 aliphatic carbocycles. The van der Waals surface area contributed by atoms with E-state index in [4.69, 9.17) is 0 Å². The van der Waals surface area contributed by atoms with Gasteiger partial charge in [0.15, 0.2) is 0 Å². The molecule has 4 rings (SSSR count). The summed E-state index contributed by atoms with van der Waals surface area (Å²) in [6, 6.07) is 12.5. The predicted molar refractivity (Wildman–Crippen MR) is 106 cm³/mol. The topological polar surface area (TPSA) is 52.2 Å². The van der Waals surface area contributed by atoms with E-state index >= 15 is 0 Å². The maximum Gasteiger partial charge on any atom is 0.257 e. The van der Waals surface area contributed by atoms with Crippen LogP contribution in [-0.2, 0) is 6.54 Å². The quantitative estimate of drug-likeness (QED) is 0.732. The van der Waals surface area contributed by atoms with E-state index in [-0.39, 0.29) is 17.5 Å². The van der Waals surface area contributed by atoms with Gasteiger partial charge in [0.25, 0.3) is 5.91 Å². The third kappa shape index (κ3) is 4.51. The van der Waals surface area contributed by atoms with Crippen LogP contribution in [0.2, 0.25) is 0 Å². The lowest BCUT2D eigenvalue weighted by Gasteiger charge is -2.22. The fourth-order valence-electron chi connectivity index (χ4n) is 3.64. The van der Waals surface area contributed by atoms with Crippen molar-refractivity contribution in [3.63, 3.8) is 0 Å². The first-order valence-electron chi connectivity index (χ1n) is 9.65. The lowest BCUT2D eigenvalue weighted by Crippen LogP contribution is -2.35. The van der Waals surface area contributed by atoms with Crippen LogP contribution < -0.4 is 0 Å². The van der Waals surface area contributed by atoms with E-state index in [9.17, 15) is 13.6 Å². The smallest absolute Gasteiger partial charge is 0.257 e. The lowest BCUT2D eigenvalue weighted by molar-refractivity contribution is 0.0762. The number of nitrogens with one attached hydrogen (secondary N) is 1. The van der Waals surface area contributed by atoms with Gasteiger partial charge in [-0.1, -0.05) is 12.1 Å². The van der Waals surface area contributed by atoms with Gasteiger partial charge in [-0.3, -0.25) is 14.8 Å². The van der Waals surface area contributed by atoms with E-state index in [1.807, 2.05) is 4.90 Å². The highest BCUT2D eigenvalue weighted by Gasteiger charge is 2.24. The Morgan fingerprint density at radius 2 is 1.62 bits per heavy atom. The first kappa shape index (κ1) is 19.3. The predicted octanol–water partition coefficient (Wildman–Crippen LogP) is 3.70. The van der Waals surface area contributed by atoms with Gasteiger partial charge in [-0.2, -0.15) is 5.10 Å². The van der Waals surface area contributed by atoms with Crippen molar-refractivity contribution in [1.29, 1.82) is 0 Å². The van der Waals surface area contributed by atoms with Crippen LogP contribution in [0.4, 0.5) is 8.78 Å². The summed E-state index contributed by atoms with van der Waals surface area (Å²) in [6.07, 6.45) is 2.39. The maximum absolute atomic E-state index is 13.2. The zero-order chi connectivity index (χ0) is 20.2. The molecule has 1 fully saturated rings. The highest BCUT2D eigenvalue weighted by molar-refractivity contribution is 5.99. The summed E-state index contributed by atoms with van der Waals surface area (Å²) in [5, 5.41) is 6.89. The van der Waals surface area contributed by atoms with E-state index < -0.39 is 0 Å². The normalized spacial score (nSPS) is 15.3. The van der Waals surface area contributed by atoms with Crippen molar-refractivity contribution in [1.82, 2.24) is 20.0 Å². The molecule has 1 amide bonds. The zero-order valence-electron chi connectivity index (χ0n) is 15.9. The molecule has 150 valence electrons. The first-order valence-corrected chi connectivity index (χ1v) is 9.65. The molecular formula is C22H22F2N4O. The summed E-state index contributed by atoms with van der Waals surface area (Å²) in [7, 11) is 0. The number of carbonyl (C=O) groups excluding carboxylic acids is 1. The molecule has 7 heteroatoms. The standard InChI is InChI=1S/C22H22F2N4O/c23-18-6-2-16(3-7-18)15-27-10-1-11-28(13-12-27)22(29)20-14-25-26-21(20)17-4-8-19(24)9-5-17/h2-9,14H,1,10-13,15H2,(H,25,26). The number of halogens is 2. The second-order valence-electron chi connectivity index (χ2n) is 7.21. The average molecular weight is 396 g/mol. The summed E-state index contributed by atoms with van der Waals surface area (Å²) in [5.41, 5.74) is 2.87. The minimum absolute atomic E-state index is 0.0818. The Hall–Kier alpha value is -3.06. The molecule has 29 heavy (non-hydrogen) atoms. The summed E-state index contributed by atoms with van der Waals surface area (Å²) in [5.74, 6) is -0.643. The number of benzene rings is 2. The molecular weight excluding hydrogens is 374 g/mol. The van der Waals surface area contributed by atoms with Crippen LogP contribution in [-0.4, -0.2) is 52.1 Å². The van der Waals surface area contributed by atoms with E-state index in [0.717, 1.165) is 37.2 Å². The number of aromatic amines is 1. The highest BCUT2D eigenvalue weighted by atomic mass is 19.1. The van der Waals surface area contributed by atoms with Gasteiger partial charge in [-0.15, -0.1) is 0 Å². The molecule has 0 spiro atoms. The van der Waals surface area contributed by atoms with Gasteiger partial charge in [-0.25, -0.2) is 8.78 Å². The molecule has 0 bridgehead atoms. The summed E-state index contributed by atoms with van der Waals surface area (Å²) in [6.45, 7) is 3.61. The van der Waals surface area contributed by atoms with Crippen molar-refractivity contribution in [2.75, 3.05) is 26.2 Å². The largest absolute Gasteiger partial charge is 0.337 e. The minimum Gasteiger partial charge on any atom is -0.337 e. The second kappa shape index (κ2) is 8.53. The number of H-pyrrole nitrogens is 1. The Kier molecular flexibility index (Phi) is 5.67. The van der Waals surface area contributed by atoms with Crippen LogP contribution in [0, 0.1) is 11.6 Å². The fraction of sp³-hybridized carbons (Fsp3) is 0.273. The van der Waals surface area contributed by atoms with Gasteiger partial charge >= 0.3 is 0 Å². The van der Waals surface area contributed by atoms with Crippen LogP contribution in [0.15, 0.2) is 54.7 Å². The number of carbonyl (C=O) groups is 1. The van der Waals surface area contributed by atoms with Gasteiger partial charge < -0.3 is 4.90 Å². The molecule has 0 unspecified atom stereocenters. The number of rotatable bonds is 4. The van der Waals surface area contributed by atoms with Gasteiger partial charge in [0, 0.05) is 38.3 Å². The molecule has 0 saturated carbocycles. The van der Waals surface area contributed by atoms with Crippen LogP contribution in [0.5, 0.6) is 0 Å². The Labute approximate surface area is 168 Å². The van der Waals surface area contributed by atoms with E-state index in [1.165, 1.54) is 30.5 Å². The fourth-order valence-corrected chi connectivity index (χ4v) is 3.64. The van der Waals surface area contributed by atoms with Gasteiger partial charge in [0.1, 0.15) is 11.6 Å². The molecule has 0 atom stereocenters. The van der Waals surface area contributed by atoms with Crippen molar-refractivity contribution < 1.29 is 13.6 Å². The van der Waals surface area contributed by atoms with Crippen molar-refractivity contribution in [3.8, 4) is 11.3 Å². The molecule has 3 aromatic rings. The van der Waals surface area contributed by atoms with Crippen molar-refractivity contribution >= 4 is 5.91 Å². The van der Waals surface area contributed by atoms with E-state index in [1.54, 1.807) is 24.3 Å². The monoisotopic (exact) mass is 396 g/mol. The van der Waals surface area contributed by atoms with Crippen molar-refractivity contribution in [2.45, 2.75) is 13.0 Å². The summed E-state index contributed by atoms with van der Waals surface area (Å²) < 4.78 is 26.3. The maximum atomic E-state index is 13.2. The Morgan fingerprint density at radius 3 is 2.34 bits per heavy atom. The Balaban J connectivity index is 1.43. The highest BCUT2D eigenvalue weighted by Crippen LogP contribution is 2.23. The van der Waals surface area contributed by atoms with Crippen LogP contribution >= 0.6 is 0 Å². The Morgan fingerprint density at radius 1 is 0.931 bits per heavy atom. The summed E-state index contributed by atoms with van der Waals surface area (Å²) >= 11 is 0. The number of aromatic nitrogens is 2. The number of hydrogen-bond donors (Lipinski definition) is 1. The first-order chi connectivity index (χ1) is 14.1. The van der Waals surface area contributed by atoms with Gasteiger partial charge in [0.05, 0.1) is 17.5 Å². The summed E-state index contributed by atoms with van der Waals surface area (Å²) in [4.78, 5) is 17.2. The van der Waals surface area contributed by atoms with Gasteiger partial charge in [0.2, 0.25) is 0 Å². The molecule has 0 radical (unpaired) electrons. The van der Waals surface area contributed by atoms with E-state index in [2.05, 4.69) is 15.1 Å². The van der Waals surface area contributed by atoms with E-state index in [0.29, 0.717) is 24.3 Å². The second-order valence-corrected chi connectivity index (χ2v) is 7.21. The van der Waals surface area contributed by atoms with Gasteiger partial charge in [-0.05, 0) is 48.4 Å². The Bertz CT molecular complexity index is 969. The van der Waals surface area contributed by atoms with Crippen LogP contribution in [0.25, 0.3) is 11.3 Å². The SMILES string of the molecule is O=C(c1cn[nH]c1-c1ccc(F)cc1)N1CCCN(Cc2ccc(F)cc2)CC1. The zero-order valence-corrected chi connectivity index (χ0v) is 15.9. The minimum atomic E-state index is -0.324. The third-order valence-electron chi connectivity index (χ3n) is 5.20. The van der Waals surface area contributed by atoms with Crippen molar-refractivity contribution in [3.05, 3.63) is 77.5 Å². The third-order valence-corrected chi connectivity index (χ3v) is 5.20. The lowest BCUT2D eigenvalue weighted by atomic mass is 10.1. The average Bonchev–Trinajstić information content (AvgIpc) is 3.10. The molecule has 1 aliphatic heterocycles. The molecule has 1 N–H and O–H groups in total. The van der Waals surface area contributed by atoms with Crippen LogP contribution in [0.3, 0.4) is 0 Å². The molecule has 2 heterocycles.